The molecule has 4 heteroatoms. The maximum Gasteiger partial charge on any atom is 0.0606 e. The lowest BCUT2D eigenvalue weighted by Crippen LogP contribution is -2.31. The van der Waals surface area contributed by atoms with Gasteiger partial charge >= 0.3 is 0 Å². The number of fused-ring (bicyclic) bond motifs is 1. The molecule has 0 bridgehead atoms. The first-order valence-corrected chi connectivity index (χ1v) is 6.95. The van der Waals surface area contributed by atoms with E-state index in [0.29, 0.717) is 0 Å². The summed E-state index contributed by atoms with van der Waals surface area (Å²) in [6, 6.07) is 6.48. The summed E-state index contributed by atoms with van der Waals surface area (Å²) in [6.45, 7) is 4.19. The van der Waals surface area contributed by atoms with E-state index in [-0.39, 0.29) is 0 Å². The molecule has 0 atom stereocenters. The van der Waals surface area contributed by atoms with Crippen LogP contribution in [0.2, 0.25) is 0 Å². The van der Waals surface area contributed by atoms with Gasteiger partial charge in [0.1, 0.15) is 0 Å². The molecule has 0 radical (unpaired) electrons. The second-order valence-electron chi connectivity index (χ2n) is 4.84. The molecule has 3 nitrogen and oxygen atoms in total. The Morgan fingerprint density at radius 1 is 1.33 bits per heavy atom. The summed E-state index contributed by atoms with van der Waals surface area (Å²) in [5, 5.41) is 4.35. The average Bonchev–Trinajstić information content (AvgIpc) is 2.71. The highest BCUT2D eigenvalue weighted by atomic mass is 79.9. The van der Waals surface area contributed by atoms with Gasteiger partial charge in [-0.25, -0.2) is 0 Å². The van der Waals surface area contributed by atoms with Gasteiger partial charge in [-0.3, -0.25) is 4.68 Å². The van der Waals surface area contributed by atoms with Gasteiger partial charge in [-0.1, -0.05) is 15.9 Å². The highest BCUT2D eigenvalue weighted by Gasteiger charge is 2.20. The van der Waals surface area contributed by atoms with Gasteiger partial charge in [-0.2, -0.15) is 5.10 Å². The Kier molecular flexibility index (Phi) is 2.90. The summed E-state index contributed by atoms with van der Waals surface area (Å²) in [5.74, 6) is 0. The fourth-order valence-corrected chi connectivity index (χ4v) is 3.09. The van der Waals surface area contributed by atoms with Crippen LogP contribution in [-0.4, -0.2) is 16.3 Å². The molecule has 1 aromatic carbocycles. The molecule has 0 saturated heterocycles. The highest BCUT2D eigenvalue weighted by molar-refractivity contribution is 9.10. The monoisotopic (exact) mass is 305 g/mol. The number of halogens is 1. The van der Waals surface area contributed by atoms with Gasteiger partial charge in [-0.05, 0) is 42.7 Å². The van der Waals surface area contributed by atoms with Gasteiger partial charge in [-0.15, -0.1) is 0 Å². The molecule has 0 N–H and O–H groups in total. The average molecular weight is 306 g/mol. The van der Waals surface area contributed by atoms with E-state index in [0.717, 1.165) is 24.0 Å². The van der Waals surface area contributed by atoms with Gasteiger partial charge < -0.3 is 4.90 Å². The molecule has 1 aromatic heterocycles. The number of nitrogens with zero attached hydrogens (tertiary/aromatic N) is 3. The third kappa shape index (κ3) is 1.94. The van der Waals surface area contributed by atoms with Crippen molar-refractivity contribution in [3.63, 3.8) is 0 Å². The second-order valence-corrected chi connectivity index (χ2v) is 5.76. The molecule has 0 fully saturated rings. The molecular weight excluding hydrogens is 290 g/mol. The van der Waals surface area contributed by atoms with Crippen molar-refractivity contribution in [3.8, 4) is 0 Å². The van der Waals surface area contributed by atoms with E-state index >= 15 is 0 Å². The molecule has 1 aliphatic heterocycles. The van der Waals surface area contributed by atoms with Gasteiger partial charge in [0.05, 0.1) is 18.4 Å². The predicted molar refractivity (Wildman–Crippen MR) is 76.8 cm³/mol. The summed E-state index contributed by atoms with van der Waals surface area (Å²) in [4.78, 5) is 2.44. The fourth-order valence-electron chi connectivity index (χ4n) is 2.62. The summed E-state index contributed by atoms with van der Waals surface area (Å²) in [7, 11) is 2.02. The number of benzene rings is 1. The fraction of sp³-hybridized carbons (Fsp3) is 0.357. The van der Waals surface area contributed by atoms with Crippen LogP contribution in [0.5, 0.6) is 0 Å². The number of aryl methyl sites for hydroxylation is 2. The largest absolute Gasteiger partial charge is 0.365 e. The number of rotatable bonds is 1. The SMILES string of the molecule is Cc1cc(Br)ccc1N1CCc2cnn(C)c2C1. The van der Waals surface area contributed by atoms with E-state index < -0.39 is 0 Å². The van der Waals surface area contributed by atoms with Crippen LogP contribution in [0.1, 0.15) is 16.8 Å². The number of hydrogen-bond donors (Lipinski definition) is 0. The lowest BCUT2D eigenvalue weighted by molar-refractivity contribution is 0.649. The zero-order chi connectivity index (χ0) is 12.7. The Morgan fingerprint density at radius 3 is 2.94 bits per heavy atom. The Bertz CT molecular complexity index is 589. The van der Waals surface area contributed by atoms with Gasteiger partial charge in [0.15, 0.2) is 0 Å². The van der Waals surface area contributed by atoms with E-state index in [1.807, 2.05) is 17.9 Å². The van der Waals surface area contributed by atoms with E-state index in [1.165, 1.54) is 22.5 Å². The second kappa shape index (κ2) is 4.43. The van der Waals surface area contributed by atoms with Crippen LogP contribution in [0.4, 0.5) is 5.69 Å². The highest BCUT2D eigenvalue weighted by Crippen LogP contribution is 2.28. The Labute approximate surface area is 116 Å². The minimum atomic E-state index is 0.953. The molecule has 94 valence electrons. The number of anilines is 1. The first-order valence-electron chi connectivity index (χ1n) is 6.16. The lowest BCUT2D eigenvalue weighted by atomic mass is 10.1. The summed E-state index contributed by atoms with van der Waals surface area (Å²) in [6.07, 6.45) is 3.08. The van der Waals surface area contributed by atoms with Crippen LogP contribution in [-0.2, 0) is 20.0 Å². The van der Waals surface area contributed by atoms with E-state index in [4.69, 9.17) is 0 Å². The van der Waals surface area contributed by atoms with Crippen LogP contribution in [0.15, 0.2) is 28.9 Å². The third-order valence-corrected chi connectivity index (χ3v) is 4.13. The van der Waals surface area contributed by atoms with Crippen LogP contribution < -0.4 is 4.90 Å². The van der Waals surface area contributed by atoms with Gasteiger partial charge in [0.2, 0.25) is 0 Å². The van der Waals surface area contributed by atoms with E-state index in [1.54, 1.807) is 0 Å². The minimum Gasteiger partial charge on any atom is -0.365 e. The topological polar surface area (TPSA) is 21.1 Å². The van der Waals surface area contributed by atoms with Crippen molar-refractivity contribution in [2.24, 2.45) is 7.05 Å². The van der Waals surface area contributed by atoms with Crippen molar-refractivity contribution < 1.29 is 0 Å². The molecular formula is C14H16BrN3. The molecule has 1 aliphatic rings. The first kappa shape index (κ1) is 11.8. The summed E-state index contributed by atoms with van der Waals surface area (Å²) < 4.78 is 3.14. The quantitative estimate of drug-likeness (QED) is 0.807. The van der Waals surface area contributed by atoms with E-state index in [9.17, 15) is 0 Å². The summed E-state index contributed by atoms with van der Waals surface area (Å²) in [5.41, 5.74) is 5.37. The van der Waals surface area contributed by atoms with Crippen molar-refractivity contribution in [2.45, 2.75) is 19.9 Å². The van der Waals surface area contributed by atoms with Crippen molar-refractivity contribution in [1.82, 2.24) is 9.78 Å². The van der Waals surface area contributed by atoms with Crippen molar-refractivity contribution in [2.75, 3.05) is 11.4 Å². The van der Waals surface area contributed by atoms with Gasteiger partial charge in [0, 0.05) is 23.8 Å². The van der Waals surface area contributed by atoms with Crippen LogP contribution in [0.3, 0.4) is 0 Å². The third-order valence-electron chi connectivity index (χ3n) is 3.64. The molecule has 0 saturated carbocycles. The Hall–Kier alpha value is -1.29. The van der Waals surface area contributed by atoms with Crippen molar-refractivity contribution in [1.29, 1.82) is 0 Å². The van der Waals surface area contributed by atoms with Crippen molar-refractivity contribution in [3.05, 3.63) is 45.7 Å². The number of hydrogen-bond acceptors (Lipinski definition) is 2. The maximum absolute atomic E-state index is 4.35. The molecule has 18 heavy (non-hydrogen) atoms. The standard InChI is InChI=1S/C14H16BrN3/c1-10-7-12(15)3-4-13(10)18-6-5-11-8-16-17(2)14(11)9-18/h3-4,7-8H,5-6,9H2,1-2H3. The molecule has 3 rings (SSSR count). The number of aromatic nitrogens is 2. The zero-order valence-corrected chi connectivity index (χ0v) is 12.2. The van der Waals surface area contributed by atoms with Gasteiger partial charge in [0.25, 0.3) is 0 Å². The zero-order valence-electron chi connectivity index (χ0n) is 10.7. The predicted octanol–water partition coefficient (Wildman–Crippen LogP) is 3.05. The Balaban J connectivity index is 1.93. The maximum atomic E-state index is 4.35. The normalized spacial score (nSPS) is 14.7. The van der Waals surface area contributed by atoms with E-state index in [2.05, 4.69) is 51.1 Å². The molecule has 2 heterocycles. The van der Waals surface area contributed by atoms with Crippen molar-refractivity contribution >= 4 is 21.6 Å². The van der Waals surface area contributed by atoms with Crippen LogP contribution >= 0.6 is 15.9 Å². The molecule has 0 amide bonds. The molecule has 0 aliphatic carbocycles. The summed E-state index contributed by atoms with van der Waals surface area (Å²) >= 11 is 3.52. The first-order chi connectivity index (χ1) is 8.65. The van der Waals surface area contributed by atoms with Crippen LogP contribution in [0, 0.1) is 6.92 Å². The molecule has 0 unspecified atom stereocenters. The lowest BCUT2D eigenvalue weighted by Gasteiger charge is -2.30. The Morgan fingerprint density at radius 2 is 2.17 bits per heavy atom. The molecule has 0 spiro atoms. The minimum absolute atomic E-state index is 0.953. The van der Waals surface area contributed by atoms with Crippen LogP contribution in [0.25, 0.3) is 0 Å². The smallest absolute Gasteiger partial charge is 0.0606 e. The molecule has 2 aromatic rings.